The van der Waals surface area contributed by atoms with Gasteiger partial charge in [0.2, 0.25) is 0 Å². The third-order valence-electron chi connectivity index (χ3n) is 8.95. The van der Waals surface area contributed by atoms with Crippen LogP contribution >= 0.6 is 0 Å². The maximum absolute atomic E-state index is 14.0. The van der Waals surface area contributed by atoms with Gasteiger partial charge in [-0.25, -0.2) is 17.4 Å². The number of nitrogens with zero attached hydrogens (tertiary/aromatic N) is 3. The van der Waals surface area contributed by atoms with Gasteiger partial charge in [-0.15, -0.1) is 0 Å². The lowest BCUT2D eigenvalue weighted by molar-refractivity contribution is 0.514. The van der Waals surface area contributed by atoms with Crippen LogP contribution in [0.5, 0.6) is 0 Å². The Hall–Kier alpha value is -5.98. The van der Waals surface area contributed by atoms with Crippen molar-refractivity contribution in [1.82, 2.24) is 13.5 Å². The van der Waals surface area contributed by atoms with E-state index in [0.717, 1.165) is 38.7 Å². The van der Waals surface area contributed by atoms with Crippen molar-refractivity contribution in [2.75, 3.05) is 0 Å². The molecule has 0 unspecified atom stereocenters. The van der Waals surface area contributed by atoms with E-state index in [2.05, 4.69) is 83.6 Å². The lowest BCUT2D eigenvalue weighted by Crippen LogP contribution is -2.36. The summed E-state index contributed by atoms with van der Waals surface area (Å²) in [5.74, 6) is 0. The first-order valence-electron chi connectivity index (χ1n) is 15.8. The van der Waals surface area contributed by atoms with Gasteiger partial charge in [-0.1, -0.05) is 146 Å². The van der Waals surface area contributed by atoms with Crippen LogP contribution in [0.25, 0.3) is 34.0 Å². The maximum atomic E-state index is 14.0. The standard InChI is InChI=1S/C42H31N3O2S/c46-48(47,37-21-11-4-12-22-37)45-40-24-14-13-23-38(40)39-28-26-32(29-41(39)45)25-27-36-30-44(31-43-36)42(33-15-5-1-6-16-33,34-17-7-2-8-18-34)35-19-9-3-10-20-35/h1-31H. The lowest BCUT2D eigenvalue weighted by Gasteiger charge is -2.37. The highest BCUT2D eigenvalue weighted by atomic mass is 32.2. The molecule has 0 N–H and O–H groups in total. The predicted molar refractivity (Wildman–Crippen MR) is 194 cm³/mol. The molecule has 0 saturated carbocycles. The van der Waals surface area contributed by atoms with Crippen molar-refractivity contribution in [2.45, 2.75) is 10.4 Å². The van der Waals surface area contributed by atoms with E-state index in [0.29, 0.717) is 11.0 Å². The van der Waals surface area contributed by atoms with Crippen LogP contribution in [0.2, 0.25) is 0 Å². The Morgan fingerprint density at radius 1 is 0.542 bits per heavy atom. The predicted octanol–water partition coefficient (Wildman–Crippen LogP) is 9.24. The largest absolute Gasteiger partial charge is 0.318 e. The van der Waals surface area contributed by atoms with Gasteiger partial charge in [0.1, 0.15) is 5.54 Å². The number of hydrogen-bond donors (Lipinski definition) is 0. The summed E-state index contributed by atoms with van der Waals surface area (Å²) in [6, 6.07) is 53.7. The molecule has 2 aromatic heterocycles. The van der Waals surface area contributed by atoms with E-state index in [9.17, 15) is 8.42 Å². The quantitative estimate of drug-likeness (QED) is 0.156. The Bertz CT molecular complexity index is 2410. The molecule has 0 atom stereocenters. The molecule has 0 spiro atoms. The van der Waals surface area contributed by atoms with Gasteiger partial charge >= 0.3 is 0 Å². The maximum Gasteiger partial charge on any atom is 0.268 e. The van der Waals surface area contributed by atoms with Crippen molar-refractivity contribution >= 4 is 44.0 Å². The third kappa shape index (κ3) is 4.86. The van der Waals surface area contributed by atoms with Crippen LogP contribution < -0.4 is 0 Å². The van der Waals surface area contributed by atoms with Gasteiger partial charge in [-0.2, -0.15) is 0 Å². The minimum absolute atomic E-state index is 0.248. The molecule has 0 fully saturated rings. The fourth-order valence-electron chi connectivity index (χ4n) is 6.79. The molecule has 8 rings (SSSR count). The van der Waals surface area contributed by atoms with Gasteiger partial charge in [0.05, 0.1) is 28.0 Å². The Kier molecular flexibility index (Phi) is 7.35. The Morgan fingerprint density at radius 3 is 1.67 bits per heavy atom. The monoisotopic (exact) mass is 641 g/mol. The molecule has 6 aromatic carbocycles. The average Bonchev–Trinajstić information content (AvgIpc) is 3.76. The molecule has 0 aliphatic heterocycles. The summed E-state index contributed by atoms with van der Waals surface area (Å²) in [7, 11) is -3.85. The third-order valence-corrected chi connectivity index (χ3v) is 10.7. The summed E-state index contributed by atoms with van der Waals surface area (Å²) < 4.78 is 31.6. The smallest absolute Gasteiger partial charge is 0.268 e. The minimum Gasteiger partial charge on any atom is -0.318 e. The van der Waals surface area contributed by atoms with Gasteiger partial charge < -0.3 is 4.57 Å². The van der Waals surface area contributed by atoms with Crippen molar-refractivity contribution in [3.05, 3.63) is 204 Å². The van der Waals surface area contributed by atoms with Crippen LogP contribution in [0.4, 0.5) is 0 Å². The fourth-order valence-corrected chi connectivity index (χ4v) is 8.33. The molecule has 0 amide bonds. The molecule has 0 radical (unpaired) electrons. The molecule has 0 aliphatic carbocycles. The number of fused-ring (bicyclic) bond motifs is 3. The minimum atomic E-state index is -3.85. The van der Waals surface area contributed by atoms with E-state index in [1.54, 1.807) is 24.3 Å². The van der Waals surface area contributed by atoms with Crippen LogP contribution in [0.3, 0.4) is 0 Å². The van der Waals surface area contributed by atoms with Gasteiger partial charge in [-0.3, -0.25) is 0 Å². The molecule has 48 heavy (non-hydrogen) atoms. The van der Waals surface area contributed by atoms with E-state index in [1.807, 2.05) is 85.2 Å². The van der Waals surface area contributed by atoms with Crippen molar-refractivity contribution in [3.8, 4) is 0 Å². The Balaban J connectivity index is 1.25. The van der Waals surface area contributed by atoms with Crippen LogP contribution in [-0.4, -0.2) is 21.9 Å². The van der Waals surface area contributed by atoms with Gasteiger partial charge in [0.25, 0.3) is 10.0 Å². The van der Waals surface area contributed by atoms with Gasteiger partial charge in [0, 0.05) is 17.0 Å². The number of hydrogen-bond acceptors (Lipinski definition) is 3. The summed E-state index contributed by atoms with van der Waals surface area (Å²) in [6.07, 6.45) is 7.92. The van der Waals surface area contributed by atoms with Crippen molar-refractivity contribution < 1.29 is 8.42 Å². The van der Waals surface area contributed by atoms with E-state index < -0.39 is 15.6 Å². The number of aromatic nitrogens is 3. The molecule has 0 saturated heterocycles. The molecule has 2 heterocycles. The van der Waals surface area contributed by atoms with Crippen molar-refractivity contribution in [2.24, 2.45) is 0 Å². The highest BCUT2D eigenvalue weighted by Gasteiger charge is 2.38. The summed E-state index contributed by atoms with van der Waals surface area (Å²) in [4.78, 5) is 5.09. The summed E-state index contributed by atoms with van der Waals surface area (Å²) >= 11 is 0. The first kappa shape index (κ1) is 29.4. The molecular weight excluding hydrogens is 611 g/mol. The van der Waals surface area contributed by atoms with Gasteiger partial charge in [-0.05, 0) is 52.6 Å². The molecule has 0 aliphatic rings. The second-order valence-electron chi connectivity index (χ2n) is 11.7. The molecule has 6 heteroatoms. The number of para-hydroxylation sites is 1. The number of rotatable bonds is 8. The van der Waals surface area contributed by atoms with Gasteiger partial charge in [0.15, 0.2) is 0 Å². The zero-order valence-electron chi connectivity index (χ0n) is 26.0. The number of benzene rings is 6. The second kappa shape index (κ2) is 12.0. The summed E-state index contributed by atoms with van der Waals surface area (Å²) in [5.41, 5.74) is 5.62. The van der Waals surface area contributed by atoms with E-state index in [-0.39, 0.29) is 4.90 Å². The average molecular weight is 642 g/mol. The molecular formula is C42H31N3O2S. The van der Waals surface area contributed by atoms with E-state index >= 15 is 0 Å². The molecule has 0 bridgehead atoms. The van der Waals surface area contributed by atoms with Crippen LogP contribution in [0, 0.1) is 0 Å². The Labute approximate surface area is 279 Å². The zero-order chi connectivity index (χ0) is 32.6. The highest BCUT2D eigenvalue weighted by Crippen LogP contribution is 2.41. The van der Waals surface area contributed by atoms with Crippen LogP contribution in [0.15, 0.2) is 181 Å². The lowest BCUT2D eigenvalue weighted by atomic mass is 9.77. The van der Waals surface area contributed by atoms with E-state index in [4.69, 9.17) is 4.98 Å². The summed E-state index contributed by atoms with van der Waals surface area (Å²) in [6.45, 7) is 0. The highest BCUT2D eigenvalue weighted by molar-refractivity contribution is 7.90. The second-order valence-corrected chi connectivity index (χ2v) is 13.5. The van der Waals surface area contributed by atoms with E-state index in [1.165, 1.54) is 3.97 Å². The first-order chi connectivity index (χ1) is 23.6. The molecule has 5 nitrogen and oxygen atoms in total. The zero-order valence-corrected chi connectivity index (χ0v) is 26.8. The summed E-state index contributed by atoms with van der Waals surface area (Å²) in [5, 5.41) is 1.77. The molecule has 232 valence electrons. The molecule has 8 aromatic rings. The first-order valence-corrected chi connectivity index (χ1v) is 17.2. The number of imidazole rings is 1. The normalized spacial score (nSPS) is 12.2. The SMILES string of the molecule is O=S(=O)(c1ccccc1)n1c2ccccc2c2ccc(C=Cc3cn(C(c4ccccc4)(c4ccccc4)c4ccccc4)cn3)cc21. The topological polar surface area (TPSA) is 56.9 Å². The van der Waals surface area contributed by atoms with Crippen LogP contribution in [0.1, 0.15) is 27.9 Å². The van der Waals surface area contributed by atoms with Crippen molar-refractivity contribution in [3.63, 3.8) is 0 Å². The fraction of sp³-hybridized carbons (Fsp3) is 0.0238. The Morgan fingerprint density at radius 2 is 1.06 bits per heavy atom. The van der Waals surface area contributed by atoms with Crippen molar-refractivity contribution in [1.29, 1.82) is 0 Å². The van der Waals surface area contributed by atoms with Crippen LogP contribution in [-0.2, 0) is 15.6 Å².